The zero-order chi connectivity index (χ0) is 15.8. The maximum absolute atomic E-state index is 12.2. The first-order chi connectivity index (χ1) is 10.7. The van der Waals surface area contributed by atoms with E-state index in [0.29, 0.717) is 19.7 Å². The molecule has 0 spiro atoms. The van der Waals surface area contributed by atoms with Gasteiger partial charge in [0.05, 0.1) is 11.0 Å². The van der Waals surface area contributed by atoms with Gasteiger partial charge in [0.25, 0.3) is 0 Å². The molecule has 4 nitrogen and oxygen atoms in total. The van der Waals surface area contributed by atoms with E-state index in [1.807, 2.05) is 61.5 Å². The quantitative estimate of drug-likeness (QED) is 0.787. The molecule has 0 aliphatic rings. The summed E-state index contributed by atoms with van der Waals surface area (Å²) in [6, 6.07) is 17.1. The highest BCUT2D eigenvalue weighted by atomic mass is 79.9. The average molecular weight is 363 g/mol. The Morgan fingerprint density at radius 3 is 2.50 bits per heavy atom. The molecule has 5 heteroatoms. The molecule has 2 rings (SSSR count). The monoisotopic (exact) mass is 362 g/mol. The number of amides is 2. The highest BCUT2D eigenvalue weighted by Gasteiger charge is 2.12. The summed E-state index contributed by atoms with van der Waals surface area (Å²) < 4.78 is 6.53. The van der Waals surface area contributed by atoms with Crippen molar-refractivity contribution in [2.75, 3.05) is 24.6 Å². The topological polar surface area (TPSA) is 41.6 Å². The van der Waals surface area contributed by atoms with E-state index in [0.717, 1.165) is 15.9 Å². The number of rotatable bonds is 6. The van der Waals surface area contributed by atoms with Crippen LogP contribution in [0.2, 0.25) is 0 Å². The fourth-order valence-electron chi connectivity index (χ4n) is 2.03. The van der Waals surface area contributed by atoms with Crippen LogP contribution in [0.3, 0.4) is 0 Å². The van der Waals surface area contributed by atoms with Gasteiger partial charge >= 0.3 is 6.03 Å². The van der Waals surface area contributed by atoms with Crippen LogP contribution >= 0.6 is 15.9 Å². The summed E-state index contributed by atoms with van der Waals surface area (Å²) in [4.78, 5) is 13.9. The van der Waals surface area contributed by atoms with Gasteiger partial charge in [0.2, 0.25) is 0 Å². The van der Waals surface area contributed by atoms with Crippen LogP contribution in [0.4, 0.5) is 10.5 Å². The molecular weight excluding hydrogens is 344 g/mol. The Kier molecular flexibility index (Phi) is 6.27. The number of ether oxygens (including phenoxy) is 1. The first kappa shape index (κ1) is 16.4. The zero-order valence-electron chi connectivity index (χ0n) is 12.5. The first-order valence-corrected chi connectivity index (χ1v) is 7.99. The lowest BCUT2D eigenvalue weighted by molar-refractivity contribution is 0.242. The molecule has 0 radical (unpaired) electrons. The first-order valence-electron chi connectivity index (χ1n) is 7.20. The third-order valence-corrected chi connectivity index (χ3v) is 3.76. The van der Waals surface area contributed by atoms with Crippen LogP contribution in [-0.4, -0.2) is 25.7 Å². The average Bonchev–Trinajstić information content (AvgIpc) is 2.55. The SMILES string of the molecule is CCN(C(=O)NCCOc1ccccc1Br)c1ccccc1. The largest absolute Gasteiger partial charge is 0.491 e. The molecule has 0 unspecified atom stereocenters. The van der Waals surface area contributed by atoms with Gasteiger partial charge in [-0.3, -0.25) is 4.90 Å². The Labute approximate surface area is 139 Å². The summed E-state index contributed by atoms with van der Waals surface area (Å²) in [6.07, 6.45) is 0. The molecule has 0 aliphatic heterocycles. The van der Waals surface area contributed by atoms with Crippen molar-refractivity contribution >= 4 is 27.6 Å². The van der Waals surface area contributed by atoms with Crippen LogP contribution in [0.15, 0.2) is 59.1 Å². The molecule has 0 heterocycles. The molecule has 1 N–H and O–H groups in total. The molecule has 2 amide bonds. The molecule has 0 bridgehead atoms. The number of urea groups is 1. The number of nitrogens with one attached hydrogen (secondary N) is 1. The van der Waals surface area contributed by atoms with Gasteiger partial charge in [-0.1, -0.05) is 30.3 Å². The van der Waals surface area contributed by atoms with Crippen molar-refractivity contribution in [3.8, 4) is 5.75 Å². The van der Waals surface area contributed by atoms with Crippen molar-refractivity contribution in [3.63, 3.8) is 0 Å². The normalized spacial score (nSPS) is 10.1. The minimum absolute atomic E-state index is 0.121. The second kappa shape index (κ2) is 8.44. The summed E-state index contributed by atoms with van der Waals surface area (Å²) >= 11 is 3.42. The molecule has 2 aromatic carbocycles. The number of carbonyl (C=O) groups excluding carboxylic acids is 1. The minimum atomic E-state index is -0.121. The van der Waals surface area contributed by atoms with E-state index in [1.165, 1.54) is 0 Å². The predicted octanol–water partition coefficient (Wildman–Crippen LogP) is 4.06. The number of para-hydroxylation sites is 2. The van der Waals surface area contributed by atoms with E-state index in [9.17, 15) is 4.79 Å². The summed E-state index contributed by atoms with van der Waals surface area (Å²) in [5, 5.41) is 2.87. The molecule has 0 aromatic heterocycles. The highest BCUT2D eigenvalue weighted by Crippen LogP contribution is 2.23. The molecule has 116 valence electrons. The minimum Gasteiger partial charge on any atom is -0.491 e. The van der Waals surface area contributed by atoms with E-state index in [1.54, 1.807) is 4.90 Å². The maximum Gasteiger partial charge on any atom is 0.321 e. The molecule has 0 fully saturated rings. The van der Waals surface area contributed by atoms with Gasteiger partial charge in [0.1, 0.15) is 12.4 Å². The smallest absolute Gasteiger partial charge is 0.321 e. The second-order valence-electron chi connectivity index (χ2n) is 4.59. The lowest BCUT2D eigenvalue weighted by Gasteiger charge is -2.21. The molecule has 0 saturated heterocycles. The van der Waals surface area contributed by atoms with Crippen molar-refractivity contribution in [3.05, 3.63) is 59.1 Å². The maximum atomic E-state index is 12.2. The number of hydrogen-bond donors (Lipinski definition) is 1. The van der Waals surface area contributed by atoms with Crippen molar-refractivity contribution in [1.82, 2.24) is 5.32 Å². The van der Waals surface area contributed by atoms with Crippen molar-refractivity contribution in [2.45, 2.75) is 6.92 Å². The third-order valence-electron chi connectivity index (χ3n) is 3.10. The Morgan fingerprint density at radius 1 is 1.14 bits per heavy atom. The number of carbonyl (C=O) groups is 1. The van der Waals surface area contributed by atoms with Crippen LogP contribution in [0.1, 0.15) is 6.92 Å². The highest BCUT2D eigenvalue weighted by molar-refractivity contribution is 9.10. The van der Waals surface area contributed by atoms with E-state index in [-0.39, 0.29) is 6.03 Å². The Morgan fingerprint density at radius 2 is 1.82 bits per heavy atom. The van der Waals surface area contributed by atoms with Crippen LogP contribution in [-0.2, 0) is 0 Å². The fourth-order valence-corrected chi connectivity index (χ4v) is 2.43. The molecular formula is C17H19BrN2O2. The van der Waals surface area contributed by atoms with Gasteiger partial charge in [-0.05, 0) is 47.1 Å². The third kappa shape index (κ3) is 4.49. The second-order valence-corrected chi connectivity index (χ2v) is 5.44. The summed E-state index contributed by atoms with van der Waals surface area (Å²) in [6.45, 7) is 3.43. The molecule has 0 saturated carbocycles. The van der Waals surface area contributed by atoms with E-state index < -0.39 is 0 Å². The fraction of sp³-hybridized carbons (Fsp3) is 0.235. The van der Waals surface area contributed by atoms with Crippen LogP contribution in [0, 0.1) is 0 Å². The number of hydrogen-bond acceptors (Lipinski definition) is 2. The van der Waals surface area contributed by atoms with Gasteiger partial charge in [-0.25, -0.2) is 4.79 Å². The van der Waals surface area contributed by atoms with E-state index in [4.69, 9.17) is 4.74 Å². The van der Waals surface area contributed by atoms with Gasteiger partial charge in [-0.15, -0.1) is 0 Å². The zero-order valence-corrected chi connectivity index (χ0v) is 14.0. The number of benzene rings is 2. The Hall–Kier alpha value is -2.01. The Balaban J connectivity index is 1.81. The van der Waals surface area contributed by atoms with Gasteiger partial charge < -0.3 is 10.1 Å². The number of anilines is 1. The van der Waals surface area contributed by atoms with E-state index >= 15 is 0 Å². The van der Waals surface area contributed by atoms with Crippen LogP contribution in [0.5, 0.6) is 5.75 Å². The molecule has 0 aliphatic carbocycles. The van der Waals surface area contributed by atoms with E-state index in [2.05, 4.69) is 21.2 Å². The molecule has 0 atom stereocenters. The number of halogens is 1. The lowest BCUT2D eigenvalue weighted by Crippen LogP contribution is -2.41. The van der Waals surface area contributed by atoms with Crippen LogP contribution < -0.4 is 15.0 Å². The van der Waals surface area contributed by atoms with Gasteiger partial charge in [0.15, 0.2) is 0 Å². The van der Waals surface area contributed by atoms with Gasteiger partial charge in [0, 0.05) is 12.2 Å². The van der Waals surface area contributed by atoms with Crippen molar-refractivity contribution in [2.24, 2.45) is 0 Å². The van der Waals surface area contributed by atoms with Crippen molar-refractivity contribution in [1.29, 1.82) is 0 Å². The summed E-state index contributed by atoms with van der Waals surface area (Å²) in [5.41, 5.74) is 0.884. The summed E-state index contributed by atoms with van der Waals surface area (Å²) in [7, 11) is 0. The standard InChI is InChI=1S/C17H19BrN2O2/c1-2-20(14-8-4-3-5-9-14)17(21)19-12-13-22-16-11-7-6-10-15(16)18/h3-11H,2,12-13H2,1H3,(H,19,21). The summed E-state index contributed by atoms with van der Waals surface area (Å²) in [5.74, 6) is 0.771. The predicted molar refractivity (Wildman–Crippen MR) is 92.5 cm³/mol. The lowest BCUT2D eigenvalue weighted by atomic mass is 10.3. The van der Waals surface area contributed by atoms with Gasteiger partial charge in [-0.2, -0.15) is 0 Å². The van der Waals surface area contributed by atoms with Crippen LogP contribution in [0.25, 0.3) is 0 Å². The Bertz CT molecular complexity index is 605. The number of nitrogens with zero attached hydrogens (tertiary/aromatic N) is 1. The molecule has 2 aromatic rings. The molecule has 22 heavy (non-hydrogen) atoms. The van der Waals surface area contributed by atoms with Crippen molar-refractivity contribution < 1.29 is 9.53 Å².